The molecule has 0 atom stereocenters. The Bertz CT molecular complexity index is 562. The molecule has 0 spiro atoms. The van der Waals surface area contributed by atoms with Gasteiger partial charge in [-0.1, -0.05) is 24.3 Å². The van der Waals surface area contributed by atoms with Gasteiger partial charge in [0.1, 0.15) is 11.6 Å². The molecule has 0 saturated heterocycles. The molecule has 0 amide bonds. The molecule has 0 aliphatic carbocycles. The highest BCUT2D eigenvalue weighted by molar-refractivity contribution is 5.89. The molecule has 0 bridgehead atoms. The summed E-state index contributed by atoms with van der Waals surface area (Å²) in [5, 5.41) is 8.78. The van der Waals surface area contributed by atoms with Crippen molar-refractivity contribution >= 4 is 5.97 Å². The van der Waals surface area contributed by atoms with Gasteiger partial charge in [0.25, 0.3) is 0 Å². The molecule has 1 N–H and O–H groups in total. The van der Waals surface area contributed by atoms with Crippen LogP contribution in [0.1, 0.15) is 10.4 Å². The van der Waals surface area contributed by atoms with E-state index in [2.05, 4.69) is 0 Å². The van der Waals surface area contributed by atoms with Gasteiger partial charge in [-0.25, -0.2) is 13.6 Å². The number of aromatic carboxylic acids is 1. The summed E-state index contributed by atoms with van der Waals surface area (Å²) < 4.78 is 26.6. The van der Waals surface area contributed by atoms with Crippen molar-refractivity contribution in [3.63, 3.8) is 0 Å². The molecule has 0 saturated carbocycles. The van der Waals surface area contributed by atoms with Crippen molar-refractivity contribution in [2.24, 2.45) is 0 Å². The van der Waals surface area contributed by atoms with Gasteiger partial charge >= 0.3 is 5.97 Å². The minimum Gasteiger partial charge on any atom is -0.478 e. The number of carboxylic acid groups (broad SMARTS) is 1. The summed E-state index contributed by atoms with van der Waals surface area (Å²) in [5.41, 5.74) is 0.184. The second-order valence-electron chi connectivity index (χ2n) is 3.48. The largest absolute Gasteiger partial charge is 0.478 e. The van der Waals surface area contributed by atoms with Crippen molar-refractivity contribution in [3.8, 4) is 11.1 Å². The second kappa shape index (κ2) is 4.33. The lowest BCUT2D eigenvalue weighted by Gasteiger charge is -2.05. The zero-order chi connectivity index (χ0) is 12.4. The number of hydrogen-bond acceptors (Lipinski definition) is 1. The van der Waals surface area contributed by atoms with Crippen molar-refractivity contribution in [2.45, 2.75) is 0 Å². The first-order valence-corrected chi connectivity index (χ1v) is 4.87. The van der Waals surface area contributed by atoms with E-state index in [1.54, 1.807) is 0 Å². The Labute approximate surface area is 96.1 Å². The lowest BCUT2D eigenvalue weighted by Crippen LogP contribution is -2.01. The summed E-state index contributed by atoms with van der Waals surface area (Å²) in [7, 11) is 0. The first kappa shape index (κ1) is 11.3. The van der Waals surface area contributed by atoms with Crippen molar-refractivity contribution < 1.29 is 18.7 Å². The summed E-state index contributed by atoms with van der Waals surface area (Å²) in [5.74, 6) is -2.57. The van der Waals surface area contributed by atoms with E-state index in [4.69, 9.17) is 5.11 Å². The Hall–Kier alpha value is -2.23. The van der Waals surface area contributed by atoms with Crippen LogP contribution in [0.3, 0.4) is 0 Å². The first-order valence-electron chi connectivity index (χ1n) is 4.87. The fourth-order valence-electron chi connectivity index (χ4n) is 1.55. The number of benzene rings is 2. The van der Waals surface area contributed by atoms with Crippen LogP contribution < -0.4 is 0 Å². The Balaban J connectivity index is 2.56. The highest BCUT2D eigenvalue weighted by Crippen LogP contribution is 2.25. The number of halogens is 2. The van der Waals surface area contributed by atoms with Crippen LogP contribution >= 0.6 is 0 Å². The van der Waals surface area contributed by atoms with Gasteiger partial charge in [0.2, 0.25) is 0 Å². The van der Waals surface area contributed by atoms with E-state index in [0.717, 1.165) is 0 Å². The average Bonchev–Trinajstić information content (AvgIpc) is 2.30. The molecule has 2 nitrogen and oxygen atoms in total. The average molecular weight is 234 g/mol. The van der Waals surface area contributed by atoms with Crippen LogP contribution in [0.25, 0.3) is 11.1 Å². The molecule has 2 aromatic rings. The highest BCUT2D eigenvalue weighted by atomic mass is 19.1. The van der Waals surface area contributed by atoms with Crippen LogP contribution in [0, 0.1) is 11.6 Å². The standard InChI is InChI=1S/C13H8F2O2/c14-9-6-4-8(5-7-9)10-2-1-3-11(12(10)15)13(16)17/h1-7H,(H,16,17). The lowest BCUT2D eigenvalue weighted by molar-refractivity contribution is 0.0692. The van der Waals surface area contributed by atoms with Gasteiger partial charge in [-0.3, -0.25) is 0 Å². The number of carboxylic acids is 1. The van der Waals surface area contributed by atoms with Crippen LogP contribution in [-0.2, 0) is 0 Å². The molecule has 17 heavy (non-hydrogen) atoms. The molecule has 86 valence electrons. The molecule has 0 unspecified atom stereocenters. The van der Waals surface area contributed by atoms with Gasteiger partial charge < -0.3 is 5.11 Å². The van der Waals surface area contributed by atoms with Crippen LogP contribution in [0.4, 0.5) is 8.78 Å². The van der Waals surface area contributed by atoms with Crippen LogP contribution in [0.2, 0.25) is 0 Å². The maximum absolute atomic E-state index is 13.8. The molecule has 0 aromatic heterocycles. The van der Waals surface area contributed by atoms with Crippen LogP contribution in [-0.4, -0.2) is 11.1 Å². The summed E-state index contributed by atoms with van der Waals surface area (Å²) in [4.78, 5) is 10.8. The Morgan fingerprint density at radius 1 is 1.00 bits per heavy atom. The highest BCUT2D eigenvalue weighted by Gasteiger charge is 2.14. The summed E-state index contributed by atoms with van der Waals surface area (Å²) in [6.07, 6.45) is 0. The second-order valence-corrected chi connectivity index (χ2v) is 3.48. The summed E-state index contributed by atoms with van der Waals surface area (Å²) in [6.45, 7) is 0. The van der Waals surface area contributed by atoms with Crippen molar-refractivity contribution in [1.29, 1.82) is 0 Å². The van der Waals surface area contributed by atoms with Gasteiger partial charge in [0.15, 0.2) is 0 Å². The van der Waals surface area contributed by atoms with Crippen LogP contribution in [0.5, 0.6) is 0 Å². The third kappa shape index (κ3) is 2.15. The SMILES string of the molecule is O=C(O)c1cccc(-c2ccc(F)cc2)c1F. The summed E-state index contributed by atoms with van der Waals surface area (Å²) in [6, 6.07) is 9.29. The number of rotatable bonds is 2. The molecule has 0 fully saturated rings. The van der Waals surface area contributed by atoms with E-state index in [0.29, 0.717) is 5.56 Å². The molecule has 0 aliphatic rings. The quantitative estimate of drug-likeness (QED) is 0.865. The fraction of sp³-hybridized carbons (Fsp3) is 0. The predicted molar refractivity (Wildman–Crippen MR) is 58.8 cm³/mol. The normalized spacial score (nSPS) is 10.2. The zero-order valence-electron chi connectivity index (χ0n) is 8.65. The van der Waals surface area contributed by atoms with Gasteiger partial charge in [-0.2, -0.15) is 0 Å². The molecule has 0 radical (unpaired) electrons. The van der Waals surface area contributed by atoms with E-state index < -0.39 is 23.2 Å². The molecule has 0 aliphatic heterocycles. The smallest absolute Gasteiger partial charge is 0.338 e. The minimum absolute atomic E-state index is 0.143. The Morgan fingerprint density at radius 2 is 1.65 bits per heavy atom. The summed E-state index contributed by atoms with van der Waals surface area (Å²) >= 11 is 0. The van der Waals surface area contributed by atoms with E-state index in [1.165, 1.54) is 42.5 Å². The fourth-order valence-corrected chi connectivity index (χ4v) is 1.55. The first-order chi connectivity index (χ1) is 8.09. The van der Waals surface area contributed by atoms with Gasteiger partial charge in [0.05, 0.1) is 5.56 Å². The topological polar surface area (TPSA) is 37.3 Å². The van der Waals surface area contributed by atoms with Crippen LogP contribution in [0.15, 0.2) is 42.5 Å². The van der Waals surface area contributed by atoms with Crippen molar-refractivity contribution in [1.82, 2.24) is 0 Å². The molecule has 4 heteroatoms. The minimum atomic E-state index is -1.33. The number of hydrogen-bond donors (Lipinski definition) is 1. The zero-order valence-corrected chi connectivity index (χ0v) is 8.65. The van der Waals surface area contributed by atoms with Gasteiger partial charge in [-0.15, -0.1) is 0 Å². The van der Waals surface area contributed by atoms with E-state index in [9.17, 15) is 13.6 Å². The van der Waals surface area contributed by atoms with Crippen molar-refractivity contribution in [2.75, 3.05) is 0 Å². The van der Waals surface area contributed by atoms with Gasteiger partial charge in [-0.05, 0) is 23.8 Å². The third-order valence-electron chi connectivity index (χ3n) is 2.38. The molecular weight excluding hydrogens is 226 g/mol. The molecular formula is C13H8F2O2. The molecule has 2 rings (SSSR count). The maximum Gasteiger partial charge on any atom is 0.338 e. The van der Waals surface area contributed by atoms with E-state index >= 15 is 0 Å². The maximum atomic E-state index is 13.8. The third-order valence-corrected chi connectivity index (χ3v) is 2.38. The van der Waals surface area contributed by atoms with Crippen molar-refractivity contribution in [3.05, 3.63) is 59.7 Å². The van der Waals surface area contributed by atoms with Gasteiger partial charge in [0, 0.05) is 5.56 Å². The predicted octanol–water partition coefficient (Wildman–Crippen LogP) is 3.33. The lowest BCUT2D eigenvalue weighted by atomic mass is 10.0. The molecule has 0 heterocycles. The monoisotopic (exact) mass is 234 g/mol. The van der Waals surface area contributed by atoms with E-state index in [1.807, 2.05) is 0 Å². The Morgan fingerprint density at radius 3 is 2.24 bits per heavy atom. The molecule has 2 aromatic carbocycles. The van der Waals surface area contributed by atoms with E-state index in [-0.39, 0.29) is 5.56 Å². The number of carbonyl (C=O) groups is 1. The Kier molecular flexibility index (Phi) is 2.87.